The molecule has 9 nitrogen and oxygen atoms in total. The number of rotatable bonds is 8. The number of carbonyl (C=O) groups is 1. The summed E-state index contributed by atoms with van der Waals surface area (Å²) in [6.45, 7) is 0.527. The predicted octanol–water partition coefficient (Wildman–Crippen LogP) is 1.23. The van der Waals surface area contributed by atoms with Crippen LogP contribution in [-0.2, 0) is 18.3 Å². The molecule has 3 aromatic rings. The van der Waals surface area contributed by atoms with Gasteiger partial charge >= 0.3 is 0 Å². The van der Waals surface area contributed by atoms with Gasteiger partial charge in [0.2, 0.25) is 5.91 Å². The fourth-order valence-corrected chi connectivity index (χ4v) is 3.27. The Kier molecular flexibility index (Phi) is 6.07. The van der Waals surface area contributed by atoms with Gasteiger partial charge in [0.05, 0.1) is 20.0 Å². The number of nitrogens with one attached hydrogen (secondary N) is 1. The van der Waals surface area contributed by atoms with Crippen LogP contribution in [0.4, 0.5) is 0 Å². The standard InChI is InChI=1S/C17H20N6O3S/c1-23-16-15(21-22-23)17(20-10-19-16)27-9-14(24)18-7-6-11-4-5-12(25-2)13(8-11)26-3/h4-5,8,10H,6-7,9H2,1-3H3,(H,18,24). The number of thioether (sulfide) groups is 1. The van der Waals surface area contributed by atoms with Gasteiger partial charge in [-0.3, -0.25) is 4.79 Å². The Morgan fingerprint density at radius 3 is 2.81 bits per heavy atom. The number of fused-ring (bicyclic) bond motifs is 1. The number of methoxy groups -OCH3 is 2. The molecule has 1 aromatic carbocycles. The van der Waals surface area contributed by atoms with Crippen molar-refractivity contribution in [2.75, 3.05) is 26.5 Å². The Bertz CT molecular complexity index is 946. The largest absolute Gasteiger partial charge is 0.493 e. The molecule has 0 saturated carbocycles. The summed E-state index contributed by atoms with van der Waals surface area (Å²) >= 11 is 1.31. The molecule has 0 fully saturated rings. The molecule has 1 amide bonds. The Morgan fingerprint density at radius 2 is 2.04 bits per heavy atom. The first-order chi connectivity index (χ1) is 13.1. The van der Waals surface area contributed by atoms with Crippen LogP contribution in [0.1, 0.15) is 5.56 Å². The highest BCUT2D eigenvalue weighted by molar-refractivity contribution is 8.00. The number of nitrogens with zero attached hydrogens (tertiary/aromatic N) is 5. The van der Waals surface area contributed by atoms with Gasteiger partial charge in [-0.1, -0.05) is 23.0 Å². The Balaban J connectivity index is 1.50. The van der Waals surface area contributed by atoms with E-state index < -0.39 is 0 Å². The zero-order valence-corrected chi connectivity index (χ0v) is 16.1. The highest BCUT2D eigenvalue weighted by atomic mass is 32.2. The summed E-state index contributed by atoms with van der Waals surface area (Å²) in [6, 6.07) is 5.71. The molecule has 142 valence electrons. The lowest BCUT2D eigenvalue weighted by molar-refractivity contribution is -0.118. The van der Waals surface area contributed by atoms with Gasteiger partial charge in [0.1, 0.15) is 11.4 Å². The SMILES string of the molecule is COc1ccc(CCNC(=O)CSc2ncnc3c2nnn3C)cc1OC. The summed E-state index contributed by atoms with van der Waals surface area (Å²) in [5.74, 6) is 1.53. The van der Waals surface area contributed by atoms with Crippen molar-refractivity contribution in [1.82, 2.24) is 30.3 Å². The fourth-order valence-electron chi connectivity index (χ4n) is 2.51. The number of aryl methyl sites for hydroxylation is 1. The molecule has 3 rings (SSSR count). The van der Waals surface area contributed by atoms with Crippen molar-refractivity contribution in [3.63, 3.8) is 0 Å². The van der Waals surface area contributed by atoms with Crippen LogP contribution < -0.4 is 14.8 Å². The summed E-state index contributed by atoms with van der Waals surface area (Å²) in [7, 11) is 4.96. The minimum Gasteiger partial charge on any atom is -0.493 e. The number of hydrogen-bond acceptors (Lipinski definition) is 8. The molecule has 2 heterocycles. The molecular weight excluding hydrogens is 368 g/mol. The first kappa shape index (κ1) is 18.9. The van der Waals surface area contributed by atoms with Gasteiger partial charge in [0, 0.05) is 13.6 Å². The topological polar surface area (TPSA) is 104 Å². The van der Waals surface area contributed by atoms with Gasteiger partial charge in [-0.25, -0.2) is 14.6 Å². The zero-order valence-electron chi connectivity index (χ0n) is 15.3. The average molecular weight is 388 g/mol. The van der Waals surface area contributed by atoms with Gasteiger partial charge < -0.3 is 14.8 Å². The highest BCUT2D eigenvalue weighted by Crippen LogP contribution is 2.27. The molecule has 0 aliphatic rings. The van der Waals surface area contributed by atoms with Gasteiger partial charge in [0.25, 0.3) is 0 Å². The minimum absolute atomic E-state index is 0.0730. The van der Waals surface area contributed by atoms with Gasteiger partial charge in [-0.05, 0) is 24.1 Å². The van der Waals surface area contributed by atoms with E-state index in [1.54, 1.807) is 25.9 Å². The summed E-state index contributed by atoms with van der Waals surface area (Å²) in [5.41, 5.74) is 2.29. The monoisotopic (exact) mass is 388 g/mol. The lowest BCUT2D eigenvalue weighted by atomic mass is 10.1. The second-order valence-electron chi connectivity index (χ2n) is 5.64. The van der Waals surface area contributed by atoms with E-state index in [9.17, 15) is 4.79 Å². The number of amides is 1. The van der Waals surface area contributed by atoms with Crippen LogP contribution in [0.5, 0.6) is 11.5 Å². The van der Waals surface area contributed by atoms with Crippen molar-refractivity contribution in [3.8, 4) is 11.5 Å². The number of carbonyl (C=O) groups excluding carboxylic acids is 1. The van der Waals surface area contributed by atoms with E-state index in [1.807, 2.05) is 18.2 Å². The molecule has 1 N–H and O–H groups in total. The molecule has 0 unspecified atom stereocenters. The van der Waals surface area contributed by atoms with Crippen molar-refractivity contribution >= 4 is 28.8 Å². The van der Waals surface area contributed by atoms with Crippen molar-refractivity contribution in [2.24, 2.45) is 7.05 Å². The minimum atomic E-state index is -0.0730. The molecule has 0 bridgehead atoms. The van der Waals surface area contributed by atoms with Gasteiger partial charge in [-0.15, -0.1) is 5.10 Å². The van der Waals surface area contributed by atoms with Crippen LogP contribution in [0.25, 0.3) is 11.2 Å². The van der Waals surface area contributed by atoms with E-state index in [0.29, 0.717) is 40.7 Å². The van der Waals surface area contributed by atoms with Crippen LogP contribution in [0.3, 0.4) is 0 Å². The Hall–Kier alpha value is -2.88. The van der Waals surface area contributed by atoms with Gasteiger partial charge in [-0.2, -0.15) is 0 Å². The average Bonchev–Trinajstić information content (AvgIpc) is 3.08. The molecule has 0 atom stereocenters. The van der Waals surface area contributed by atoms with E-state index in [0.717, 1.165) is 5.56 Å². The van der Waals surface area contributed by atoms with Crippen LogP contribution in [0.2, 0.25) is 0 Å². The van der Waals surface area contributed by atoms with Crippen molar-refractivity contribution in [3.05, 3.63) is 30.1 Å². The second-order valence-corrected chi connectivity index (χ2v) is 6.61. The number of aromatic nitrogens is 5. The molecule has 0 aliphatic carbocycles. The van der Waals surface area contributed by atoms with Crippen molar-refractivity contribution < 1.29 is 14.3 Å². The number of ether oxygens (including phenoxy) is 2. The van der Waals surface area contributed by atoms with Crippen molar-refractivity contribution in [2.45, 2.75) is 11.4 Å². The normalized spacial score (nSPS) is 10.8. The lowest BCUT2D eigenvalue weighted by Gasteiger charge is -2.10. The van der Waals surface area contributed by atoms with Crippen LogP contribution in [-0.4, -0.2) is 57.4 Å². The van der Waals surface area contributed by atoms with Crippen LogP contribution >= 0.6 is 11.8 Å². The lowest BCUT2D eigenvalue weighted by Crippen LogP contribution is -2.27. The molecular formula is C17H20N6O3S. The third kappa shape index (κ3) is 4.45. The molecule has 2 aromatic heterocycles. The number of hydrogen-bond donors (Lipinski definition) is 1. The van der Waals surface area contributed by atoms with E-state index in [-0.39, 0.29) is 11.7 Å². The summed E-state index contributed by atoms with van der Waals surface area (Å²) in [5, 5.41) is 11.5. The molecule has 27 heavy (non-hydrogen) atoms. The van der Waals surface area contributed by atoms with Crippen LogP contribution in [0, 0.1) is 0 Å². The smallest absolute Gasteiger partial charge is 0.230 e. The third-order valence-corrected chi connectivity index (χ3v) is 4.86. The van der Waals surface area contributed by atoms with E-state index in [4.69, 9.17) is 9.47 Å². The summed E-state index contributed by atoms with van der Waals surface area (Å²) in [4.78, 5) is 20.4. The van der Waals surface area contributed by atoms with Crippen LogP contribution in [0.15, 0.2) is 29.6 Å². The fraction of sp³-hybridized carbons (Fsp3) is 0.353. The maximum Gasteiger partial charge on any atom is 0.230 e. The first-order valence-electron chi connectivity index (χ1n) is 8.23. The molecule has 0 spiro atoms. The van der Waals surface area contributed by atoms with E-state index in [2.05, 4.69) is 25.6 Å². The zero-order chi connectivity index (χ0) is 19.2. The Morgan fingerprint density at radius 1 is 1.22 bits per heavy atom. The molecule has 10 heteroatoms. The van der Waals surface area contributed by atoms with E-state index >= 15 is 0 Å². The highest BCUT2D eigenvalue weighted by Gasteiger charge is 2.12. The second kappa shape index (κ2) is 8.67. The third-order valence-electron chi connectivity index (χ3n) is 3.88. The summed E-state index contributed by atoms with van der Waals surface area (Å²) < 4.78 is 12.1. The van der Waals surface area contributed by atoms with Crippen molar-refractivity contribution in [1.29, 1.82) is 0 Å². The summed E-state index contributed by atoms with van der Waals surface area (Å²) in [6.07, 6.45) is 2.14. The molecule has 0 saturated heterocycles. The maximum atomic E-state index is 12.1. The quantitative estimate of drug-likeness (QED) is 0.454. The Labute approximate surface area is 160 Å². The first-order valence-corrected chi connectivity index (χ1v) is 9.21. The maximum absolute atomic E-state index is 12.1. The molecule has 0 radical (unpaired) electrons. The van der Waals surface area contributed by atoms with E-state index in [1.165, 1.54) is 18.1 Å². The van der Waals surface area contributed by atoms with Gasteiger partial charge in [0.15, 0.2) is 22.7 Å². The number of benzene rings is 1. The molecule has 0 aliphatic heterocycles. The predicted molar refractivity (Wildman–Crippen MR) is 101 cm³/mol.